The van der Waals surface area contributed by atoms with E-state index >= 15 is 0 Å². The Morgan fingerprint density at radius 3 is 1.36 bits per heavy atom. The predicted molar refractivity (Wildman–Crippen MR) is 49.8 cm³/mol. The van der Waals surface area contributed by atoms with Crippen molar-refractivity contribution < 1.29 is 0 Å². The molecule has 0 aromatic rings. The molecule has 0 amide bonds. The summed E-state index contributed by atoms with van der Waals surface area (Å²) in [5.41, 5.74) is 0. The maximum atomic E-state index is 2.34. The summed E-state index contributed by atoms with van der Waals surface area (Å²) >= 11 is -0.256. The van der Waals surface area contributed by atoms with Gasteiger partial charge in [0.15, 0.2) is 0 Å². The van der Waals surface area contributed by atoms with Gasteiger partial charge in [-0.15, -0.1) is 0 Å². The van der Waals surface area contributed by atoms with E-state index in [-0.39, 0.29) is 21.1 Å². The quantitative estimate of drug-likeness (QED) is 0.659. The molecule has 0 saturated carbocycles. The van der Waals surface area contributed by atoms with Gasteiger partial charge in [0.2, 0.25) is 0 Å². The van der Waals surface area contributed by atoms with Crippen molar-refractivity contribution >= 4 is 21.1 Å². The fourth-order valence-electron chi connectivity index (χ4n) is 1.31. The van der Waals surface area contributed by atoms with Crippen molar-refractivity contribution in [2.24, 2.45) is 0 Å². The Morgan fingerprint density at radius 1 is 0.636 bits per heavy atom. The Hall–Kier alpha value is -0.241. The van der Waals surface area contributed by atoms with Crippen molar-refractivity contribution in [3.05, 3.63) is 48.6 Å². The second kappa shape index (κ2) is 3.44. The third kappa shape index (κ3) is 1.86. The van der Waals surface area contributed by atoms with Gasteiger partial charge >= 0.3 is 77.6 Å². The molecule has 0 fully saturated rings. The zero-order valence-corrected chi connectivity index (χ0v) is 9.13. The van der Waals surface area contributed by atoms with Gasteiger partial charge in [-0.1, -0.05) is 0 Å². The van der Waals surface area contributed by atoms with E-state index in [4.69, 9.17) is 0 Å². The number of rotatable bonds is 2. The molecule has 2 radical (unpaired) electrons. The second-order valence-corrected chi connectivity index (χ2v) is 7.51. The molecule has 0 nitrogen and oxygen atoms in total. The van der Waals surface area contributed by atoms with E-state index in [1.54, 1.807) is 0 Å². The monoisotopic (exact) mass is 250 g/mol. The summed E-state index contributed by atoms with van der Waals surface area (Å²) in [7, 11) is 0. The van der Waals surface area contributed by atoms with Crippen molar-refractivity contribution in [1.82, 2.24) is 0 Å². The van der Waals surface area contributed by atoms with E-state index in [2.05, 4.69) is 48.6 Å². The standard InChI is InChI=1S/2C5H5.Sn/c2*1-2-4-5-3-1;/h2*1-5H;. The van der Waals surface area contributed by atoms with Gasteiger partial charge in [0.1, 0.15) is 0 Å². The summed E-state index contributed by atoms with van der Waals surface area (Å²) in [5, 5.41) is 0. The SMILES string of the molecule is C1=C[CH]([Sn][CH]2C=CC=C2)C=C1. The molecular weight excluding hydrogens is 239 g/mol. The van der Waals surface area contributed by atoms with Crippen molar-refractivity contribution in [3.63, 3.8) is 0 Å². The van der Waals surface area contributed by atoms with Crippen molar-refractivity contribution in [2.75, 3.05) is 0 Å². The molecule has 54 valence electrons. The van der Waals surface area contributed by atoms with Crippen LogP contribution >= 0.6 is 0 Å². The molecule has 0 heterocycles. The summed E-state index contributed by atoms with van der Waals surface area (Å²) in [6.45, 7) is 0. The summed E-state index contributed by atoms with van der Waals surface area (Å²) < 4.78 is 1.69. The van der Waals surface area contributed by atoms with Crippen molar-refractivity contribution in [2.45, 2.75) is 7.87 Å². The van der Waals surface area contributed by atoms with Crippen LogP contribution in [0.25, 0.3) is 0 Å². The van der Waals surface area contributed by atoms with Crippen LogP contribution < -0.4 is 0 Å². The van der Waals surface area contributed by atoms with Gasteiger partial charge in [-0.25, -0.2) is 0 Å². The average Bonchev–Trinajstić information content (AvgIpc) is 2.60. The van der Waals surface area contributed by atoms with Crippen LogP contribution in [0.15, 0.2) is 48.6 Å². The predicted octanol–water partition coefficient (Wildman–Crippen LogP) is 2.52. The summed E-state index contributed by atoms with van der Waals surface area (Å²) in [6.07, 6.45) is 18.1. The molecule has 2 rings (SSSR count). The Bertz CT molecular complexity index is 196. The van der Waals surface area contributed by atoms with E-state index < -0.39 is 0 Å². The van der Waals surface area contributed by atoms with E-state index in [0.717, 1.165) is 7.87 Å². The number of allylic oxidation sites excluding steroid dienone is 8. The second-order valence-electron chi connectivity index (χ2n) is 2.76. The molecule has 0 bridgehead atoms. The Kier molecular flexibility index (Phi) is 2.32. The van der Waals surface area contributed by atoms with Gasteiger partial charge in [-0.2, -0.15) is 0 Å². The summed E-state index contributed by atoms with van der Waals surface area (Å²) in [4.78, 5) is 0. The minimum atomic E-state index is -0.256. The van der Waals surface area contributed by atoms with Gasteiger partial charge < -0.3 is 0 Å². The molecule has 0 spiro atoms. The third-order valence-electron chi connectivity index (χ3n) is 1.88. The molecule has 0 N–H and O–H groups in total. The van der Waals surface area contributed by atoms with Gasteiger partial charge in [0, 0.05) is 0 Å². The topological polar surface area (TPSA) is 0 Å². The summed E-state index contributed by atoms with van der Waals surface area (Å²) in [6, 6.07) is 0. The third-order valence-corrected chi connectivity index (χ3v) is 6.28. The van der Waals surface area contributed by atoms with Crippen LogP contribution in [0.5, 0.6) is 0 Å². The van der Waals surface area contributed by atoms with Gasteiger partial charge in [-0.05, 0) is 0 Å². The molecule has 0 aromatic heterocycles. The van der Waals surface area contributed by atoms with Crippen LogP contribution in [0.4, 0.5) is 0 Å². The van der Waals surface area contributed by atoms with E-state index in [0.29, 0.717) is 0 Å². The van der Waals surface area contributed by atoms with Crippen molar-refractivity contribution in [1.29, 1.82) is 0 Å². The molecule has 0 aromatic carbocycles. The first-order valence-corrected chi connectivity index (χ1v) is 7.21. The van der Waals surface area contributed by atoms with Crippen LogP contribution in [0.3, 0.4) is 0 Å². The normalized spacial score (nSPS) is 22.5. The first kappa shape index (κ1) is 7.41. The van der Waals surface area contributed by atoms with Crippen LogP contribution in [0.2, 0.25) is 7.87 Å². The van der Waals surface area contributed by atoms with Crippen LogP contribution in [0, 0.1) is 0 Å². The molecule has 0 unspecified atom stereocenters. The molecule has 0 aliphatic heterocycles. The van der Waals surface area contributed by atoms with Crippen LogP contribution in [-0.4, -0.2) is 21.1 Å². The van der Waals surface area contributed by atoms with Gasteiger partial charge in [-0.3, -0.25) is 0 Å². The first-order valence-electron chi connectivity index (χ1n) is 3.91. The maximum absolute atomic E-state index is 2.34. The fourth-order valence-corrected chi connectivity index (χ4v) is 5.11. The number of hydrogen-bond donors (Lipinski definition) is 0. The molecular formula is C10H10Sn. The molecule has 0 atom stereocenters. The average molecular weight is 249 g/mol. The zero-order valence-electron chi connectivity index (χ0n) is 6.27. The van der Waals surface area contributed by atoms with Crippen LogP contribution in [0.1, 0.15) is 0 Å². The van der Waals surface area contributed by atoms with Crippen LogP contribution in [-0.2, 0) is 0 Å². The first-order chi connectivity index (χ1) is 5.45. The van der Waals surface area contributed by atoms with E-state index in [9.17, 15) is 0 Å². The molecule has 0 saturated heterocycles. The van der Waals surface area contributed by atoms with Gasteiger partial charge in [0.25, 0.3) is 0 Å². The minimum absolute atomic E-state index is 0.256. The number of hydrogen-bond acceptors (Lipinski definition) is 0. The summed E-state index contributed by atoms with van der Waals surface area (Å²) in [5.74, 6) is 0. The van der Waals surface area contributed by atoms with Gasteiger partial charge in [0.05, 0.1) is 0 Å². The Morgan fingerprint density at radius 2 is 1.00 bits per heavy atom. The Balaban J connectivity index is 1.90. The molecule has 2 aliphatic carbocycles. The van der Waals surface area contributed by atoms with E-state index in [1.807, 2.05) is 0 Å². The van der Waals surface area contributed by atoms with Crippen molar-refractivity contribution in [3.8, 4) is 0 Å². The molecule has 1 heteroatoms. The molecule has 11 heavy (non-hydrogen) atoms. The van der Waals surface area contributed by atoms with E-state index in [1.165, 1.54) is 0 Å². The fraction of sp³-hybridized carbons (Fsp3) is 0.200. The Labute approximate surface area is 77.6 Å². The zero-order chi connectivity index (χ0) is 7.52. The molecule has 2 aliphatic rings.